The summed E-state index contributed by atoms with van der Waals surface area (Å²) in [5.41, 5.74) is 4.33. The number of rotatable bonds is 3. The fourth-order valence-corrected chi connectivity index (χ4v) is 2.55. The molecule has 2 aliphatic rings. The lowest BCUT2D eigenvalue weighted by Crippen LogP contribution is -2.42. The summed E-state index contributed by atoms with van der Waals surface area (Å²) in [4.78, 5) is 36.2. The first-order valence-corrected chi connectivity index (χ1v) is 6.74. The molecule has 4 amide bonds. The summed E-state index contributed by atoms with van der Waals surface area (Å²) >= 11 is 0. The average Bonchev–Trinajstić information content (AvgIpc) is 2.71. The van der Waals surface area contributed by atoms with Crippen LogP contribution in [0.5, 0.6) is 11.5 Å². The van der Waals surface area contributed by atoms with Crippen LogP contribution in [0.2, 0.25) is 0 Å². The van der Waals surface area contributed by atoms with E-state index in [-0.39, 0.29) is 0 Å². The van der Waals surface area contributed by atoms with Crippen LogP contribution in [0.15, 0.2) is 18.2 Å². The summed E-state index contributed by atoms with van der Waals surface area (Å²) in [6.45, 7) is 2.00. The Labute approximate surface area is 126 Å². The largest absolute Gasteiger partial charge is 0.486 e. The number of primary amides is 1. The number of carbonyl (C=O) groups is 3. The van der Waals surface area contributed by atoms with E-state index in [1.165, 1.54) is 0 Å². The van der Waals surface area contributed by atoms with Gasteiger partial charge in [-0.3, -0.25) is 14.5 Å². The molecular formula is C14H15N3O5. The van der Waals surface area contributed by atoms with Crippen molar-refractivity contribution in [2.24, 2.45) is 5.73 Å². The second kappa shape index (κ2) is 4.90. The topological polar surface area (TPSA) is 111 Å². The molecule has 1 fully saturated rings. The van der Waals surface area contributed by atoms with E-state index in [1.807, 2.05) is 0 Å². The van der Waals surface area contributed by atoms with Gasteiger partial charge in [0.1, 0.15) is 25.3 Å². The molecule has 3 rings (SSSR count). The SMILES string of the molecule is C[C@]1(c2ccc3c(c2)OCCO3)NC(=O)N(CC(N)=O)C1=O. The quantitative estimate of drug-likeness (QED) is 0.745. The Balaban J connectivity index is 1.95. The van der Waals surface area contributed by atoms with Crippen molar-refractivity contribution in [1.82, 2.24) is 10.2 Å². The van der Waals surface area contributed by atoms with Crippen molar-refractivity contribution in [3.63, 3.8) is 0 Å². The van der Waals surface area contributed by atoms with Crippen molar-refractivity contribution in [3.8, 4) is 11.5 Å². The van der Waals surface area contributed by atoms with Gasteiger partial charge in [-0.25, -0.2) is 4.79 Å². The molecule has 2 heterocycles. The van der Waals surface area contributed by atoms with E-state index in [0.29, 0.717) is 30.3 Å². The monoisotopic (exact) mass is 305 g/mol. The van der Waals surface area contributed by atoms with Crippen molar-refractivity contribution < 1.29 is 23.9 Å². The standard InChI is InChI=1S/C14H15N3O5/c1-14(12(19)17(7-11(15)18)13(20)16-14)8-2-3-9-10(6-8)22-5-4-21-9/h2-3,6H,4-5,7H2,1H3,(H2,15,18)(H,16,20)/t14-/m1/s1. The van der Waals surface area contributed by atoms with E-state index in [9.17, 15) is 14.4 Å². The third-order valence-electron chi connectivity index (χ3n) is 3.71. The number of carbonyl (C=O) groups excluding carboxylic acids is 3. The Kier molecular flexibility index (Phi) is 3.16. The van der Waals surface area contributed by atoms with Crippen LogP contribution in [-0.4, -0.2) is 42.5 Å². The molecule has 0 unspecified atom stereocenters. The molecule has 3 N–H and O–H groups in total. The number of amides is 4. The van der Waals surface area contributed by atoms with Crippen molar-refractivity contribution in [1.29, 1.82) is 0 Å². The lowest BCUT2D eigenvalue weighted by Gasteiger charge is -2.25. The Morgan fingerprint density at radius 3 is 2.68 bits per heavy atom. The van der Waals surface area contributed by atoms with E-state index in [2.05, 4.69) is 5.32 Å². The maximum Gasteiger partial charge on any atom is 0.325 e. The highest BCUT2D eigenvalue weighted by molar-refractivity contribution is 6.09. The van der Waals surface area contributed by atoms with Gasteiger partial charge in [-0.1, -0.05) is 6.07 Å². The number of ether oxygens (including phenoxy) is 2. The normalized spacial score (nSPS) is 23.4. The predicted octanol–water partition coefficient (Wildman–Crippen LogP) is -0.290. The Morgan fingerprint density at radius 1 is 1.32 bits per heavy atom. The second-order valence-electron chi connectivity index (χ2n) is 5.27. The lowest BCUT2D eigenvalue weighted by atomic mass is 9.91. The number of fused-ring (bicyclic) bond motifs is 1. The molecule has 1 saturated heterocycles. The molecule has 2 aliphatic heterocycles. The molecule has 0 radical (unpaired) electrons. The third kappa shape index (κ3) is 2.12. The van der Waals surface area contributed by atoms with Crippen LogP contribution in [0.4, 0.5) is 4.79 Å². The number of nitrogens with two attached hydrogens (primary N) is 1. The molecule has 1 aromatic carbocycles. The zero-order chi connectivity index (χ0) is 15.9. The molecule has 0 saturated carbocycles. The van der Waals surface area contributed by atoms with Crippen molar-refractivity contribution in [3.05, 3.63) is 23.8 Å². The number of nitrogens with one attached hydrogen (secondary N) is 1. The molecule has 8 heteroatoms. The van der Waals surface area contributed by atoms with Gasteiger partial charge in [0.25, 0.3) is 5.91 Å². The highest BCUT2D eigenvalue weighted by atomic mass is 16.6. The van der Waals surface area contributed by atoms with Gasteiger partial charge < -0.3 is 20.5 Å². The number of benzene rings is 1. The fourth-order valence-electron chi connectivity index (χ4n) is 2.55. The van der Waals surface area contributed by atoms with Crippen LogP contribution in [0.25, 0.3) is 0 Å². The molecule has 0 aromatic heterocycles. The Bertz CT molecular complexity index is 674. The van der Waals surface area contributed by atoms with Gasteiger partial charge in [-0.15, -0.1) is 0 Å². The summed E-state index contributed by atoms with van der Waals surface area (Å²) in [6, 6.07) is 4.37. The second-order valence-corrected chi connectivity index (χ2v) is 5.27. The van der Waals surface area contributed by atoms with Gasteiger partial charge >= 0.3 is 6.03 Å². The van der Waals surface area contributed by atoms with Gasteiger partial charge in [0.15, 0.2) is 11.5 Å². The van der Waals surface area contributed by atoms with Gasteiger partial charge in [0.05, 0.1) is 0 Å². The fraction of sp³-hybridized carbons (Fsp3) is 0.357. The van der Waals surface area contributed by atoms with Gasteiger partial charge in [-0.05, 0) is 24.6 Å². The molecule has 8 nitrogen and oxygen atoms in total. The van der Waals surface area contributed by atoms with E-state index in [1.54, 1.807) is 25.1 Å². The number of hydrogen-bond donors (Lipinski definition) is 2. The van der Waals surface area contributed by atoms with Crippen molar-refractivity contribution in [2.75, 3.05) is 19.8 Å². The van der Waals surface area contributed by atoms with Gasteiger partial charge in [-0.2, -0.15) is 0 Å². The van der Waals surface area contributed by atoms with Gasteiger partial charge in [0, 0.05) is 0 Å². The first kappa shape index (κ1) is 14.2. The van der Waals surface area contributed by atoms with Crippen molar-refractivity contribution >= 4 is 17.8 Å². The molecule has 1 aromatic rings. The Morgan fingerprint density at radius 2 is 2.00 bits per heavy atom. The van der Waals surface area contributed by atoms with E-state index in [4.69, 9.17) is 15.2 Å². The van der Waals surface area contributed by atoms with E-state index in [0.717, 1.165) is 4.90 Å². The van der Waals surface area contributed by atoms with Crippen LogP contribution in [0.3, 0.4) is 0 Å². The number of urea groups is 1. The minimum atomic E-state index is -1.28. The minimum Gasteiger partial charge on any atom is -0.486 e. The number of imide groups is 1. The van der Waals surface area contributed by atoms with Crippen LogP contribution in [-0.2, 0) is 15.1 Å². The van der Waals surface area contributed by atoms with Crippen LogP contribution in [0, 0.1) is 0 Å². The summed E-state index contributed by atoms with van der Waals surface area (Å²) in [5.74, 6) is -0.187. The summed E-state index contributed by atoms with van der Waals surface area (Å²) < 4.78 is 10.9. The van der Waals surface area contributed by atoms with Crippen LogP contribution < -0.4 is 20.5 Å². The molecule has 0 spiro atoms. The highest BCUT2D eigenvalue weighted by Gasteiger charge is 2.49. The smallest absolute Gasteiger partial charge is 0.325 e. The first-order chi connectivity index (χ1) is 10.4. The van der Waals surface area contributed by atoms with Crippen LogP contribution in [0.1, 0.15) is 12.5 Å². The van der Waals surface area contributed by atoms with Crippen LogP contribution >= 0.6 is 0 Å². The predicted molar refractivity (Wildman–Crippen MR) is 74.2 cm³/mol. The zero-order valence-electron chi connectivity index (χ0n) is 11.9. The van der Waals surface area contributed by atoms with E-state index >= 15 is 0 Å². The third-order valence-corrected chi connectivity index (χ3v) is 3.71. The van der Waals surface area contributed by atoms with Gasteiger partial charge in [0.2, 0.25) is 5.91 Å². The lowest BCUT2D eigenvalue weighted by molar-refractivity contribution is -0.134. The minimum absolute atomic E-state index is 0.418. The van der Waals surface area contributed by atoms with Crippen molar-refractivity contribution in [2.45, 2.75) is 12.5 Å². The average molecular weight is 305 g/mol. The Hall–Kier alpha value is -2.77. The molecule has 1 atom stereocenters. The molecule has 0 aliphatic carbocycles. The molecule has 0 bridgehead atoms. The summed E-state index contributed by atoms with van der Waals surface area (Å²) in [6.07, 6.45) is 0. The maximum atomic E-state index is 12.5. The highest BCUT2D eigenvalue weighted by Crippen LogP contribution is 2.36. The molecular weight excluding hydrogens is 290 g/mol. The molecule has 22 heavy (non-hydrogen) atoms. The van der Waals surface area contributed by atoms with E-state index < -0.39 is 29.9 Å². The summed E-state index contributed by atoms with van der Waals surface area (Å²) in [5, 5.41) is 2.59. The number of hydrogen-bond acceptors (Lipinski definition) is 5. The zero-order valence-corrected chi connectivity index (χ0v) is 11.9. The summed E-state index contributed by atoms with van der Waals surface area (Å²) in [7, 11) is 0. The number of nitrogens with zero attached hydrogens (tertiary/aromatic N) is 1. The molecule has 116 valence electrons. The maximum absolute atomic E-state index is 12.5. The first-order valence-electron chi connectivity index (χ1n) is 6.74.